The molecule has 0 N–H and O–H groups in total. The Morgan fingerprint density at radius 2 is 1.64 bits per heavy atom. The van der Waals surface area contributed by atoms with Crippen LogP contribution in [0.5, 0.6) is 0 Å². The largest absolute Gasteiger partial charge is 0.366 e. The SMILES string of the molecule is CCCCc1ccc(N2C(=O)C(Sc3ccccc3)=C(N(C)C3CCN(C)CC3)C2=O)cc1. The van der Waals surface area contributed by atoms with Crippen LogP contribution in [-0.2, 0) is 16.0 Å². The Morgan fingerprint density at radius 1 is 0.970 bits per heavy atom. The van der Waals surface area contributed by atoms with Crippen LogP contribution in [0.2, 0.25) is 0 Å². The standard InChI is InChI=1S/C27H33N3O2S/c1-4-5-9-20-12-14-22(15-13-20)30-26(31)24(29(3)21-16-18-28(2)19-17-21)25(27(30)32)33-23-10-7-6-8-11-23/h6-8,10-15,21H,4-5,9,16-19H2,1-3H3. The molecular weight excluding hydrogens is 430 g/mol. The number of piperidine rings is 1. The van der Waals surface area contributed by atoms with E-state index in [0.717, 1.165) is 50.1 Å². The minimum Gasteiger partial charge on any atom is -0.366 e. The van der Waals surface area contributed by atoms with Gasteiger partial charge in [0.25, 0.3) is 11.8 Å². The predicted octanol–water partition coefficient (Wildman–Crippen LogP) is 4.93. The summed E-state index contributed by atoms with van der Waals surface area (Å²) in [6, 6.07) is 18.0. The summed E-state index contributed by atoms with van der Waals surface area (Å²) in [6.45, 7) is 4.17. The highest BCUT2D eigenvalue weighted by atomic mass is 32.2. The number of imide groups is 1. The molecule has 1 fully saturated rings. The van der Waals surface area contributed by atoms with Crippen LogP contribution in [-0.4, -0.2) is 54.8 Å². The van der Waals surface area contributed by atoms with Gasteiger partial charge in [0.2, 0.25) is 0 Å². The number of carbonyl (C=O) groups is 2. The fourth-order valence-corrected chi connectivity index (χ4v) is 5.53. The fourth-order valence-electron chi connectivity index (χ4n) is 4.50. The molecule has 0 atom stereocenters. The molecule has 5 nitrogen and oxygen atoms in total. The van der Waals surface area contributed by atoms with Crippen molar-refractivity contribution in [2.24, 2.45) is 0 Å². The van der Waals surface area contributed by atoms with Gasteiger partial charge >= 0.3 is 0 Å². The molecule has 0 spiro atoms. The van der Waals surface area contributed by atoms with Gasteiger partial charge in [0.05, 0.1) is 5.69 Å². The van der Waals surface area contributed by atoms with Crippen LogP contribution in [0.15, 0.2) is 70.1 Å². The summed E-state index contributed by atoms with van der Waals surface area (Å²) < 4.78 is 0. The zero-order valence-corrected chi connectivity index (χ0v) is 20.6. The zero-order valence-electron chi connectivity index (χ0n) is 19.8. The van der Waals surface area contributed by atoms with Crippen molar-refractivity contribution >= 4 is 29.3 Å². The second-order valence-corrected chi connectivity index (χ2v) is 10.0. The van der Waals surface area contributed by atoms with Gasteiger partial charge in [-0.15, -0.1) is 0 Å². The van der Waals surface area contributed by atoms with Gasteiger partial charge in [-0.3, -0.25) is 9.59 Å². The van der Waals surface area contributed by atoms with Crippen molar-refractivity contribution in [1.82, 2.24) is 9.80 Å². The number of carbonyl (C=O) groups excluding carboxylic acids is 2. The van der Waals surface area contributed by atoms with E-state index in [1.807, 2.05) is 61.6 Å². The van der Waals surface area contributed by atoms with Gasteiger partial charge in [-0.25, -0.2) is 4.90 Å². The molecule has 2 heterocycles. The Kier molecular flexibility index (Phi) is 7.56. The van der Waals surface area contributed by atoms with Crippen LogP contribution < -0.4 is 4.90 Å². The molecule has 0 aromatic heterocycles. The topological polar surface area (TPSA) is 43.9 Å². The summed E-state index contributed by atoms with van der Waals surface area (Å²) in [6.07, 6.45) is 5.24. The van der Waals surface area contributed by atoms with E-state index in [1.54, 1.807) is 0 Å². The molecule has 2 aromatic carbocycles. The Bertz CT molecular complexity index is 1010. The zero-order chi connectivity index (χ0) is 23.4. The number of hydrogen-bond donors (Lipinski definition) is 0. The Balaban J connectivity index is 1.65. The van der Waals surface area contributed by atoms with E-state index in [9.17, 15) is 9.59 Å². The number of rotatable bonds is 8. The molecule has 1 saturated heterocycles. The summed E-state index contributed by atoms with van der Waals surface area (Å²) >= 11 is 1.39. The molecule has 6 heteroatoms. The first-order valence-corrected chi connectivity index (χ1v) is 12.7. The maximum Gasteiger partial charge on any atom is 0.283 e. The van der Waals surface area contributed by atoms with Gasteiger partial charge in [-0.1, -0.05) is 55.4 Å². The second-order valence-electron chi connectivity index (χ2n) is 8.95. The smallest absolute Gasteiger partial charge is 0.283 e. The Morgan fingerprint density at radius 3 is 2.27 bits per heavy atom. The van der Waals surface area contributed by atoms with Crippen LogP contribution in [0.4, 0.5) is 5.69 Å². The maximum absolute atomic E-state index is 13.7. The average Bonchev–Trinajstić information content (AvgIpc) is 3.08. The van der Waals surface area contributed by atoms with Crippen LogP contribution in [0, 0.1) is 0 Å². The van der Waals surface area contributed by atoms with E-state index in [2.05, 4.69) is 23.8 Å². The molecule has 2 amide bonds. The van der Waals surface area contributed by atoms with Crippen molar-refractivity contribution in [2.75, 3.05) is 32.1 Å². The molecule has 33 heavy (non-hydrogen) atoms. The monoisotopic (exact) mass is 463 g/mol. The van der Waals surface area contributed by atoms with E-state index < -0.39 is 0 Å². The second kappa shape index (κ2) is 10.6. The quantitative estimate of drug-likeness (QED) is 0.519. The lowest BCUT2D eigenvalue weighted by Crippen LogP contribution is -2.43. The highest BCUT2D eigenvalue weighted by molar-refractivity contribution is 8.04. The molecular formula is C27H33N3O2S. The van der Waals surface area contributed by atoms with Crippen molar-refractivity contribution in [3.63, 3.8) is 0 Å². The molecule has 0 saturated carbocycles. The summed E-state index contributed by atoms with van der Waals surface area (Å²) in [7, 11) is 4.10. The molecule has 0 aliphatic carbocycles. The van der Waals surface area contributed by atoms with Crippen molar-refractivity contribution in [2.45, 2.75) is 50.0 Å². The van der Waals surface area contributed by atoms with Gasteiger partial charge in [-0.05, 0) is 75.6 Å². The number of likely N-dealkylation sites (N-methyl/N-ethyl adjacent to an activating group) is 1. The lowest BCUT2D eigenvalue weighted by Gasteiger charge is -2.36. The molecule has 0 radical (unpaired) electrons. The molecule has 0 bridgehead atoms. The summed E-state index contributed by atoms with van der Waals surface area (Å²) in [4.78, 5) is 34.5. The number of unbranched alkanes of at least 4 members (excludes halogenated alkanes) is 1. The van der Waals surface area contributed by atoms with Gasteiger partial charge in [0.1, 0.15) is 10.6 Å². The number of aryl methyl sites for hydroxylation is 1. The van der Waals surface area contributed by atoms with Gasteiger partial charge in [0, 0.05) is 18.0 Å². The van der Waals surface area contributed by atoms with E-state index in [0.29, 0.717) is 16.3 Å². The van der Waals surface area contributed by atoms with E-state index >= 15 is 0 Å². The van der Waals surface area contributed by atoms with Crippen LogP contribution in [0.25, 0.3) is 0 Å². The van der Waals surface area contributed by atoms with E-state index in [-0.39, 0.29) is 17.9 Å². The third-order valence-electron chi connectivity index (χ3n) is 6.58. The van der Waals surface area contributed by atoms with Crippen LogP contribution >= 0.6 is 11.8 Å². The highest BCUT2D eigenvalue weighted by Gasteiger charge is 2.43. The molecule has 2 aliphatic rings. The van der Waals surface area contributed by atoms with Crippen LogP contribution in [0.3, 0.4) is 0 Å². The third kappa shape index (κ3) is 5.17. The normalized spacial score (nSPS) is 17.8. The Labute approximate surface area is 201 Å². The molecule has 174 valence electrons. The first-order valence-electron chi connectivity index (χ1n) is 11.9. The number of hydrogen-bond acceptors (Lipinski definition) is 5. The minimum atomic E-state index is -0.232. The summed E-state index contributed by atoms with van der Waals surface area (Å²) in [5, 5.41) is 0. The summed E-state index contributed by atoms with van der Waals surface area (Å²) in [5.74, 6) is -0.453. The van der Waals surface area contributed by atoms with Gasteiger partial charge in [0.15, 0.2) is 0 Å². The van der Waals surface area contributed by atoms with Crippen molar-refractivity contribution in [3.8, 4) is 0 Å². The van der Waals surface area contributed by atoms with E-state index in [1.165, 1.54) is 22.2 Å². The first kappa shape index (κ1) is 23.6. The lowest BCUT2D eigenvalue weighted by atomic mass is 10.0. The first-order chi connectivity index (χ1) is 16.0. The van der Waals surface area contributed by atoms with Gasteiger partial charge in [-0.2, -0.15) is 0 Å². The minimum absolute atomic E-state index is 0.221. The molecule has 2 aromatic rings. The van der Waals surface area contributed by atoms with E-state index in [4.69, 9.17) is 0 Å². The van der Waals surface area contributed by atoms with Crippen LogP contribution in [0.1, 0.15) is 38.2 Å². The van der Waals surface area contributed by atoms with Gasteiger partial charge < -0.3 is 9.80 Å². The Hall–Kier alpha value is -2.57. The number of amides is 2. The summed E-state index contributed by atoms with van der Waals surface area (Å²) in [5.41, 5.74) is 2.40. The average molecular weight is 464 g/mol. The van der Waals surface area contributed by atoms with Crippen molar-refractivity contribution < 1.29 is 9.59 Å². The number of thioether (sulfide) groups is 1. The predicted molar refractivity (Wildman–Crippen MR) is 135 cm³/mol. The fraction of sp³-hybridized carbons (Fsp3) is 0.407. The molecule has 2 aliphatic heterocycles. The third-order valence-corrected chi connectivity index (χ3v) is 7.66. The number of anilines is 1. The number of nitrogens with zero attached hydrogens (tertiary/aromatic N) is 3. The maximum atomic E-state index is 13.7. The molecule has 0 unspecified atom stereocenters. The highest BCUT2D eigenvalue weighted by Crippen LogP contribution is 2.39. The molecule has 4 rings (SSSR count). The number of likely N-dealkylation sites (tertiary alicyclic amines) is 1. The van der Waals surface area contributed by atoms with Crippen molar-refractivity contribution in [1.29, 1.82) is 0 Å². The number of benzene rings is 2. The van der Waals surface area contributed by atoms with Crippen molar-refractivity contribution in [3.05, 3.63) is 70.8 Å². The lowest BCUT2D eigenvalue weighted by molar-refractivity contribution is -0.121.